The maximum Gasteiger partial charge on any atom is 0.157 e. The van der Waals surface area contributed by atoms with E-state index in [1.807, 2.05) is 0 Å². The van der Waals surface area contributed by atoms with Gasteiger partial charge in [-0.1, -0.05) is 8.93 Å². The van der Waals surface area contributed by atoms with E-state index in [0.29, 0.717) is 21.5 Å². The quantitative estimate of drug-likeness (QED) is 0.689. The van der Waals surface area contributed by atoms with Gasteiger partial charge in [0.15, 0.2) is 6.29 Å². The fraction of sp³-hybridized carbons (Fsp3) is 1.00. The number of hydrogen-bond acceptors (Lipinski definition) is 4. The molecule has 0 spiro atoms. The zero-order valence-corrected chi connectivity index (χ0v) is 9.05. The van der Waals surface area contributed by atoms with Gasteiger partial charge in [0.05, 0.1) is 12.7 Å². The lowest BCUT2D eigenvalue weighted by molar-refractivity contribution is -0.109. The molecular formula is C6H14O4P2. The first-order valence-electron chi connectivity index (χ1n) is 3.71. The first-order chi connectivity index (χ1) is 5.77. The first kappa shape index (κ1) is 10.8. The molecule has 6 heteroatoms. The summed E-state index contributed by atoms with van der Waals surface area (Å²) in [7, 11) is 4.45. The maximum absolute atomic E-state index is 9.16. The summed E-state index contributed by atoms with van der Waals surface area (Å²) in [6.07, 6.45) is -0.319. The van der Waals surface area contributed by atoms with Crippen LogP contribution in [0.2, 0.25) is 0 Å². The van der Waals surface area contributed by atoms with Crippen molar-refractivity contribution >= 4 is 17.4 Å². The molecule has 0 amide bonds. The van der Waals surface area contributed by atoms with Crippen LogP contribution >= 0.6 is 17.4 Å². The molecule has 0 aromatic carbocycles. The molecule has 0 aliphatic carbocycles. The SMILES string of the molecule is COC[C@H]1OC(O)C[C@H]1OPP. The molecule has 0 aromatic heterocycles. The van der Waals surface area contributed by atoms with Crippen molar-refractivity contribution in [3.8, 4) is 0 Å². The summed E-state index contributed by atoms with van der Waals surface area (Å²) in [6.45, 7) is 0.469. The van der Waals surface area contributed by atoms with Crippen LogP contribution < -0.4 is 0 Å². The molecule has 5 atom stereocenters. The lowest BCUT2D eigenvalue weighted by Gasteiger charge is -2.16. The van der Waals surface area contributed by atoms with Crippen molar-refractivity contribution in [1.82, 2.24) is 0 Å². The van der Waals surface area contributed by atoms with Gasteiger partial charge in [-0.25, -0.2) is 0 Å². The molecular weight excluding hydrogens is 198 g/mol. The van der Waals surface area contributed by atoms with Crippen molar-refractivity contribution in [1.29, 1.82) is 0 Å². The Labute approximate surface area is 75.9 Å². The highest BCUT2D eigenvalue weighted by Crippen LogP contribution is 2.31. The number of methoxy groups -OCH3 is 1. The van der Waals surface area contributed by atoms with E-state index < -0.39 is 6.29 Å². The molecule has 12 heavy (non-hydrogen) atoms. The minimum atomic E-state index is -0.698. The molecule has 0 saturated carbocycles. The van der Waals surface area contributed by atoms with E-state index in [4.69, 9.17) is 19.1 Å². The minimum absolute atomic E-state index is 0.0317. The van der Waals surface area contributed by atoms with Gasteiger partial charge in [-0.15, -0.1) is 0 Å². The second-order valence-electron chi connectivity index (χ2n) is 2.59. The highest BCUT2D eigenvalue weighted by Gasteiger charge is 2.34. The zero-order chi connectivity index (χ0) is 8.97. The number of hydrogen-bond donors (Lipinski definition) is 1. The summed E-state index contributed by atoms with van der Waals surface area (Å²) in [6, 6.07) is 0. The largest absolute Gasteiger partial charge is 0.382 e. The molecule has 0 radical (unpaired) electrons. The third-order valence-electron chi connectivity index (χ3n) is 1.73. The standard InChI is InChI=1S/C6H14O4P2/c1-8-3-5-4(10-12-11)2-6(7)9-5/h4-7,12H,2-3,11H2,1H3/t4-,5-,6?/m1/s1. The highest BCUT2D eigenvalue weighted by atomic mass is 32.0. The Morgan fingerprint density at radius 3 is 3.08 bits per heavy atom. The molecule has 0 bridgehead atoms. The van der Waals surface area contributed by atoms with Crippen molar-refractivity contribution in [2.24, 2.45) is 0 Å². The van der Waals surface area contributed by atoms with E-state index >= 15 is 0 Å². The summed E-state index contributed by atoms with van der Waals surface area (Å²) in [5.74, 6) is 0. The van der Waals surface area contributed by atoms with Crippen molar-refractivity contribution in [2.45, 2.75) is 24.9 Å². The lowest BCUT2D eigenvalue weighted by Crippen LogP contribution is -2.26. The van der Waals surface area contributed by atoms with E-state index in [2.05, 4.69) is 8.93 Å². The van der Waals surface area contributed by atoms with Crippen LogP contribution in [-0.4, -0.2) is 37.3 Å². The smallest absolute Gasteiger partial charge is 0.157 e. The average molecular weight is 212 g/mol. The van der Waals surface area contributed by atoms with Crippen LogP contribution in [0.25, 0.3) is 0 Å². The molecule has 1 N–H and O–H groups in total. The number of ether oxygens (including phenoxy) is 2. The Bertz CT molecular complexity index is 121. The molecule has 1 fully saturated rings. The van der Waals surface area contributed by atoms with E-state index in [-0.39, 0.29) is 12.2 Å². The van der Waals surface area contributed by atoms with E-state index in [1.165, 1.54) is 0 Å². The second kappa shape index (κ2) is 5.43. The Balaban J connectivity index is 2.36. The number of aliphatic hydroxyl groups excluding tert-OH is 1. The molecule has 1 aliphatic rings. The van der Waals surface area contributed by atoms with Crippen molar-refractivity contribution in [2.75, 3.05) is 13.7 Å². The zero-order valence-electron chi connectivity index (χ0n) is 6.90. The predicted octanol–water partition coefficient (Wildman–Crippen LogP) is 0.509. The molecule has 1 heterocycles. The van der Waals surface area contributed by atoms with Gasteiger partial charge in [0.1, 0.15) is 6.10 Å². The Kier molecular flexibility index (Phi) is 4.88. The van der Waals surface area contributed by atoms with E-state index in [0.717, 1.165) is 0 Å². The van der Waals surface area contributed by atoms with Gasteiger partial charge in [0.25, 0.3) is 0 Å². The van der Waals surface area contributed by atoms with Gasteiger partial charge in [0, 0.05) is 22.0 Å². The van der Waals surface area contributed by atoms with Crippen LogP contribution in [0.5, 0.6) is 0 Å². The topological polar surface area (TPSA) is 47.9 Å². The molecule has 4 nitrogen and oxygen atoms in total. The van der Waals surface area contributed by atoms with Crippen LogP contribution in [0.3, 0.4) is 0 Å². The average Bonchev–Trinajstić information content (AvgIpc) is 2.33. The molecule has 0 aromatic rings. The summed E-state index contributed by atoms with van der Waals surface area (Å²) in [5, 5.41) is 9.16. The van der Waals surface area contributed by atoms with Crippen LogP contribution in [0.4, 0.5) is 0 Å². The fourth-order valence-corrected chi connectivity index (χ4v) is 2.16. The molecule has 1 saturated heterocycles. The third-order valence-corrected chi connectivity index (χ3v) is 2.58. The summed E-state index contributed by atoms with van der Waals surface area (Å²) < 4.78 is 15.5. The van der Waals surface area contributed by atoms with Crippen LogP contribution in [0.15, 0.2) is 0 Å². The molecule has 72 valence electrons. The van der Waals surface area contributed by atoms with Crippen LogP contribution in [0, 0.1) is 0 Å². The third kappa shape index (κ3) is 2.88. The van der Waals surface area contributed by atoms with Gasteiger partial charge in [0.2, 0.25) is 0 Å². The highest BCUT2D eigenvalue weighted by molar-refractivity contribution is 8.00. The Morgan fingerprint density at radius 2 is 2.50 bits per heavy atom. The summed E-state index contributed by atoms with van der Waals surface area (Å²) in [4.78, 5) is 0. The van der Waals surface area contributed by atoms with Crippen molar-refractivity contribution in [3.63, 3.8) is 0 Å². The lowest BCUT2D eigenvalue weighted by atomic mass is 10.2. The van der Waals surface area contributed by atoms with Gasteiger partial charge >= 0.3 is 0 Å². The van der Waals surface area contributed by atoms with Crippen LogP contribution in [-0.2, 0) is 14.0 Å². The van der Waals surface area contributed by atoms with E-state index in [1.54, 1.807) is 7.11 Å². The molecule has 1 aliphatic heterocycles. The van der Waals surface area contributed by atoms with Gasteiger partial charge < -0.3 is 19.1 Å². The first-order valence-corrected chi connectivity index (χ1v) is 6.43. The van der Waals surface area contributed by atoms with Crippen molar-refractivity contribution < 1.29 is 19.1 Å². The van der Waals surface area contributed by atoms with E-state index in [9.17, 15) is 0 Å². The molecule has 3 unspecified atom stereocenters. The Hall–Kier alpha value is 0.700. The number of rotatable bonds is 4. The number of aliphatic hydroxyl groups is 1. The minimum Gasteiger partial charge on any atom is -0.382 e. The summed E-state index contributed by atoms with van der Waals surface area (Å²) >= 11 is 0. The normalized spacial score (nSPS) is 36.8. The maximum atomic E-state index is 9.16. The van der Waals surface area contributed by atoms with Gasteiger partial charge in [-0.2, -0.15) is 0 Å². The van der Waals surface area contributed by atoms with Gasteiger partial charge in [-0.05, 0) is 0 Å². The fourth-order valence-electron chi connectivity index (χ4n) is 1.22. The Morgan fingerprint density at radius 1 is 1.75 bits per heavy atom. The van der Waals surface area contributed by atoms with Crippen LogP contribution in [0.1, 0.15) is 6.42 Å². The van der Waals surface area contributed by atoms with Crippen molar-refractivity contribution in [3.05, 3.63) is 0 Å². The molecule has 1 rings (SSSR count). The monoisotopic (exact) mass is 212 g/mol. The second-order valence-corrected chi connectivity index (χ2v) is 3.77. The summed E-state index contributed by atoms with van der Waals surface area (Å²) in [5.41, 5.74) is 0. The predicted molar refractivity (Wildman–Crippen MR) is 50.3 cm³/mol. The van der Waals surface area contributed by atoms with Gasteiger partial charge in [-0.3, -0.25) is 0 Å².